The van der Waals surface area contributed by atoms with Gasteiger partial charge in [-0.1, -0.05) is 23.7 Å². The Labute approximate surface area is 107 Å². The quantitative estimate of drug-likeness (QED) is 0.275. The van der Waals surface area contributed by atoms with E-state index in [9.17, 15) is 5.26 Å². The van der Waals surface area contributed by atoms with Gasteiger partial charge >= 0.3 is 0 Å². The van der Waals surface area contributed by atoms with E-state index in [0.29, 0.717) is 11.7 Å². The molecular weight excluding hydrogens is 260 g/mol. The summed E-state index contributed by atoms with van der Waals surface area (Å²) in [6.07, 6.45) is 1.62. The fraction of sp³-hybridized carbons (Fsp3) is 0.182. The maximum Gasteiger partial charge on any atom is 0.208 e. The van der Waals surface area contributed by atoms with E-state index < -0.39 is 0 Å². The number of benzene rings is 1. The van der Waals surface area contributed by atoms with Crippen molar-refractivity contribution in [1.29, 1.82) is 0 Å². The van der Waals surface area contributed by atoms with E-state index in [2.05, 4.69) is 9.97 Å². The van der Waals surface area contributed by atoms with Crippen LogP contribution in [0.1, 0.15) is 6.92 Å². The van der Waals surface area contributed by atoms with Gasteiger partial charge in [0.05, 0.1) is 16.5 Å². The lowest BCUT2D eigenvalue weighted by Crippen LogP contribution is -2.38. The molecule has 0 aliphatic carbocycles. The first-order valence-corrected chi connectivity index (χ1v) is 6.34. The van der Waals surface area contributed by atoms with Crippen LogP contribution in [0.2, 0.25) is 5.15 Å². The SMILES string of the molecule is CC[N+]1(O[O])Sc2cccc3c(Cl)ncc1c23. The average Bonchev–Trinajstić information content (AvgIpc) is 2.70. The fourth-order valence-corrected chi connectivity index (χ4v) is 3.47. The molecule has 0 N–H and O–H groups in total. The van der Waals surface area contributed by atoms with E-state index in [1.165, 1.54) is 11.9 Å². The molecule has 2 heterocycles. The van der Waals surface area contributed by atoms with Crippen LogP contribution in [-0.2, 0) is 10.2 Å². The lowest BCUT2D eigenvalue weighted by atomic mass is 10.1. The Morgan fingerprint density at radius 1 is 1.53 bits per heavy atom. The molecule has 0 saturated heterocycles. The zero-order chi connectivity index (χ0) is 12.0. The highest BCUT2D eigenvalue weighted by Gasteiger charge is 2.45. The second-order valence-electron chi connectivity index (χ2n) is 3.77. The molecule has 1 aliphatic heterocycles. The van der Waals surface area contributed by atoms with Crippen LogP contribution in [0.4, 0.5) is 5.69 Å². The number of halogens is 1. The normalized spacial score (nSPS) is 22.3. The summed E-state index contributed by atoms with van der Waals surface area (Å²) in [6, 6.07) is 5.77. The van der Waals surface area contributed by atoms with Gasteiger partial charge in [-0.3, -0.25) is 0 Å². The minimum atomic E-state index is -0.139. The molecule has 17 heavy (non-hydrogen) atoms. The second kappa shape index (κ2) is 3.83. The van der Waals surface area contributed by atoms with E-state index in [4.69, 9.17) is 11.6 Å². The summed E-state index contributed by atoms with van der Waals surface area (Å²) in [7, 11) is 0. The van der Waals surface area contributed by atoms with Crippen LogP contribution in [0.15, 0.2) is 29.3 Å². The average molecular weight is 269 g/mol. The van der Waals surface area contributed by atoms with E-state index in [0.717, 1.165) is 21.4 Å². The minimum absolute atomic E-state index is 0.139. The van der Waals surface area contributed by atoms with Crippen LogP contribution in [0, 0.1) is 0 Å². The topological polar surface area (TPSA) is 42.0 Å². The van der Waals surface area contributed by atoms with Crippen molar-refractivity contribution in [2.75, 3.05) is 6.54 Å². The van der Waals surface area contributed by atoms with Crippen LogP contribution in [0.3, 0.4) is 0 Å². The third kappa shape index (κ3) is 1.41. The summed E-state index contributed by atoms with van der Waals surface area (Å²) in [5, 5.41) is 13.3. The van der Waals surface area contributed by atoms with Gasteiger partial charge in [0.2, 0.25) is 5.69 Å². The monoisotopic (exact) mass is 268 g/mol. The molecule has 1 aromatic carbocycles. The zero-order valence-electron chi connectivity index (χ0n) is 9.01. The summed E-state index contributed by atoms with van der Waals surface area (Å²) in [6.45, 7) is 2.43. The number of hydrogen-bond acceptors (Lipinski definition) is 3. The molecule has 0 bridgehead atoms. The molecule has 0 saturated carbocycles. The number of quaternary nitrogens is 1. The molecule has 0 amide bonds. The predicted molar refractivity (Wildman–Crippen MR) is 66.7 cm³/mol. The molecule has 4 nitrogen and oxygen atoms in total. The van der Waals surface area contributed by atoms with Gasteiger partial charge in [-0.25, -0.2) is 4.98 Å². The summed E-state index contributed by atoms with van der Waals surface area (Å²) < 4.78 is -0.139. The van der Waals surface area contributed by atoms with Crippen LogP contribution < -0.4 is 4.05 Å². The van der Waals surface area contributed by atoms with E-state index in [-0.39, 0.29) is 4.05 Å². The van der Waals surface area contributed by atoms with Crippen molar-refractivity contribution in [3.05, 3.63) is 29.5 Å². The number of aromatic nitrogens is 1. The second-order valence-corrected chi connectivity index (χ2v) is 5.34. The lowest BCUT2D eigenvalue weighted by Gasteiger charge is -2.20. The van der Waals surface area contributed by atoms with Gasteiger partial charge in [0, 0.05) is 15.6 Å². The minimum Gasteiger partial charge on any atom is -0.237 e. The highest BCUT2D eigenvalue weighted by atomic mass is 35.5. The van der Waals surface area contributed by atoms with E-state index in [1.54, 1.807) is 6.20 Å². The molecule has 1 atom stereocenters. The van der Waals surface area contributed by atoms with E-state index >= 15 is 0 Å². The van der Waals surface area contributed by atoms with Crippen LogP contribution in [0.5, 0.6) is 0 Å². The first-order chi connectivity index (χ1) is 8.22. The molecule has 1 radical (unpaired) electrons. The summed E-state index contributed by atoms with van der Waals surface area (Å²) in [4.78, 5) is 9.55. The molecule has 0 fully saturated rings. The molecule has 1 aliphatic rings. The summed E-state index contributed by atoms with van der Waals surface area (Å²) in [5.74, 6) is 0. The first-order valence-electron chi connectivity index (χ1n) is 5.19. The van der Waals surface area contributed by atoms with Gasteiger partial charge in [0.25, 0.3) is 0 Å². The number of nitrogens with zero attached hydrogens (tertiary/aromatic N) is 2. The highest BCUT2D eigenvalue weighted by Crippen LogP contribution is 2.52. The Balaban J connectivity index is 2.39. The Kier molecular flexibility index (Phi) is 2.53. The van der Waals surface area contributed by atoms with Gasteiger partial charge in [-0.2, -0.15) is 0 Å². The van der Waals surface area contributed by atoms with Crippen molar-refractivity contribution >= 4 is 40.0 Å². The van der Waals surface area contributed by atoms with Gasteiger partial charge in [0.15, 0.2) is 11.9 Å². The molecule has 3 rings (SSSR count). The smallest absolute Gasteiger partial charge is 0.208 e. The van der Waals surface area contributed by atoms with Gasteiger partial charge in [-0.05, 0) is 17.0 Å². The molecule has 1 unspecified atom stereocenters. The Morgan fingerprint density at radius 3 is 3.06 bits per heavy atom. The molecular formula is C11H9ClN2O2S+. The maximum absolute atomic E-state index is 11.1. The van der Waals surface area contributed by atoms with Crippen LogP contribution in [-0.4, -0.2) is 11.5 Å². The number of rotatable bonds is 2. The Bertz CT molecular complexity index is 601. The van der Waals surface area contributed by atoms with Gasteiger partial charge in [-0.15, -0.1) is 0 Å². The van der Waals surface area contributed by atoms with Crippen molar-refractivity contribution in [2.45, 2.75) is 11.8 Å². The highest BCUT2D eigenvalue weighted by molar-refractivity contribution is 7.99. The molecule has 1 aromatic heterocycles. The molecule has 87 valence electrons. The van der Waals surface area contributed by atoms with Crippen LogP contribution in [0.25, 0.3) is 10.8 Å². The van der Waals surface area contributed by atoms with Crippen molar-refractivity contribution in [3.8, 4) is 0 Å². The van der Waals surface area contributed by atoms with Crippen molar-refractivity contribution in [3.63, 3.8) is 0 Å². The zero-order valence-corrected chi connectivity index (χ0v) is 10.6. The van der Waals surface area contributed by atoms with Gasteiger partial charge < -0.3 is 0 Å². The maximum atomic E-state index is 11.1. The Hall–Kier alpha value is -0.850. The predicted octanol–water partition coefficient (Wildman–Crippen LogP) is 3.51. The van der Waals surface area contributed by atoms with Crippen molar-refractivity contribution in [1.82, 2.24) is 9.04 Å². The molecule has 2 aromatic rings. The molecule has 6 heteroatoms. The summed E-state index contributed by atoms with van der Waals surface area (Å²) in [5.41, 5.74) is 0.766. The number of hydroxylamine groups is 1. The van der Waals surface area contributed by atoms with Gasteiger partial charge in [0.1, 0.15) is 11.7 Å². The largest absolute Gasteiger partial charge is 0.237 e. The van der Waals surface area contributed by atoms with Crippen molar-refractivity contribution in [2.24, 2.45) is 0 Å². The fourth-order valence-electron chi connectivity index (χ4n) is 2.10. The lowest BCUT2D eigenvalue weighted by molar-refractivity contribution is -0.394. The number of hydrogen-bond donors (Lipinski definition) is 0. The standard InChI is InChI=1S/C11H9ClN2O2S/c1-2-14(16-15)8-6-13-11(12)7-4-3-5-9(17-14)10(7)8/h3-6H,2H2,1H3/q+1. The Morgan fingerprint density at radius 2 is 2.35 bits per heavy atom. The first kappa shape index (κ1) is 11.3. The summed E-state index contributed by atoms with van der Waals surface area (Å²) >= 11 is 7.44. The molecule has 0 spiro atoms. The number of pyridine rings is 1. The van der Waals surface area contributed by atoms with Crippen molar-refractivity contribution < 1.29 is 10.2 Å². The third-order valence-electron chi connectivity index (χ3n) is 2.95. The van der Waals surface area contributed by atoms with Crippen LogP contribution >= 0.6 is 23.5 Å². The van der Waals surface area contributed by atoms with E-state index in [1.807, 2.05) is 25.1 Å². The third-order valence-corrected chi connectivity index (χ3v) is 4.60.